The molecule has 0 radical (unpaired) electrons. The molecule has 3 atom stereocenters. The van der Waals surface area contributed by atoms with Gasteiger partial charge in [-0.3, -0.25) is 0 Å². The highest BCUT2D eigenvalue weighted by Crippen LogP contribution is 2.55. The first kappa shape index (κ1) is 21.8. The molecule has 2 aliphatic heterocycles. The van der Waals surface area contributed by atoms with Crippen LogP contribution >= 0.6 is 0 Å². The lowest BCUT2D eigenvalue weighted by Gasteiger charge is -2.36. The van der Waals surface area contributed by atoms with Crippen LogP contribution in [0.25, 0.3) is 0 Å². The van der Waals surface area contributed by atoms with Crippen LogP contribution in [0.4, 0.5) is 13.2 Å². The minimum absolute atomic E-state index is 0.0763. The summed E-state index contributed by atoms with van der Waals surface area (Å²) in [5.74, 6) is 0.761. The molecule has 0 saturated carbocycles. The maximum atomic E-state index is 12.8. The summed E-state index contributed by atoms with van der Waals surface area (Å²) >= 11 is 0. The predicted octanol–water partition coefficient (Wildman–Crippen LogP) is 4.73. The lowest BCUT2D eigenvalue weighted by Crippen LogP contribution is -2.43. The van der Waals surface area contributed by atoms with Crippen LogP contribution in [0.15, 0.2) is 48.6 Å². The maximum absolute atomic E-state index is 12.8. The molecular formula is C25H24F3NO4. The Morgan fingerprint density at radius 1 is 1.18 bits per heavy atom. The fourth-order valence-electron chi connectivity index (χ4n) is 5.15. The second kappa shape index (κ2) is 7.80. The molecule has 174 valence electrons. The number of methoxy groups -OCH3 is 1. The van der Waals surface area contributed by atoms with Crippen LogP contribution in [0.1, 0.15) is 39.9 Å². The van der Waals surface area contributed by atoms with Crippen molar-refractivity contribution in [1.29, 1.82) is 0 Å². The topological polar surface area (TPSA) is 48.0 Å². The number of carbonyl (C=O) groups excluding carboxylic acids is 1. The van der Waals surface area contributed by atoms with Crippen molar-refractivity contribution < 1.29 is 32.2 Å². The third-order valence-electron chi connectivity index (χ3n) is 6.84. The van der Waals surface area contributed by atoms with Gasteiger partial charge in [0.15, 0.2) is 11.5 Å². The SMILES string of the molecule is COc1ccc2c3c1OC1C[C@@H](OC(=O)c4ccc(C(F)(F)F)cc4)C=C[C@@]31CCN(C)C2. The van der Waals surface area contributed by atoms with E-state index in [1.807, 2.05) is 12.1 Å². The largest absolute Gasteiger partial charge is 0.493 e. The normalized spacial score (nSPS) is 26.1. The van der Waals surface area contributed by atoms with Gasteiger partial charge < -0.3 is 19.1 Å². The van der Waals surface area contributed by atoms with E-state index in [2.05, 4.69) is 24.1 Å². The van der Waals surface area contributed by atoms with Crippen molar-refractivity contribution in [3.8, 4) is 11.5 Å². The van der Waals surface area contributed by atoms with Gasteiger partial charge in [0.2, 0.25) is 0 Å². The molecule has 3 aliphatic rings. The first-order valence-corrected chi connectivity index (χ1v) is 10.8. The molecule has 2 heterocycles. The van der Waals surface area contributed by atoms with E-state index in [9.17, 15) is 18.0 Å². The van der Waals surface area contributed by atoms with Crippen LogP contribution in [0.2, 0.25) is 0 Å². The molecule has 1 unspecified atom stereocenters. The summed E-state index contributed by atoms with van der Waals surface area (Å²) in [6.45, 7) is 1.70. The van der Waals surface area contributed by atoms with Crippen LogP contribution in [0.3, 0.4) is 0 Å². The fourth-order valence-corrected chi connectivity index (χ4v) is 5.15. The zero-order chi connectivity index (χ0) is 23.4. The molecule has 5 nitrogen and oxygen atoms in total. The third-order valence-corrected chi connectivity index (χ3v) is 6.84. The summed E-state index contributed by atoms with van der Waals surface area (Å²) in [6, 6.07) is 8.05. The first-order valence-electron chi connectivity index (χ1n) is 10.8. The van der Waals surface area contributed by atoms with Gasteiger partial charge in [0.05, 0.1) is 23.7 Å². The Hall–Kier alpha value is -3.00. The molecule has 8 heteroatoms. The summed E-state index contributed by atoms with van der Waals surface area (Å²) < 4.78 is 55.9. The van der Waals surface area contributed by atoms with E-state index >= 15 is 0 Å². The Morgan fingerprint density at radius 2 is 1.94 bits per heavy atom. The Morgan fingerprint density at radius 3 is 2.64 bits per heavy atom. The molecule has 2 aromatic rings. The van der Waals surface area contributed by atoms with Crippen LogP contribution < -0.4 is 9.47 Å². The number of esters is 1. The second-order valence-corrected chi connectivity index (χ2v) is 8.88. The van der Waals surface area contributed by atoms with Crippen molar-refractivity contribution in [2.45, 2.75) is 43.2 Å². The van der Waals surface area contributed by atoms with Crippen molar-refractivity contribution in [3.05, 3.63) is 70.8 Å². The summed E-state index contributed by atoms with van der Waals surface area (Å²) in [4.78, 5) is 14.9. The number of ether oxygens (including phenoxy) is 3. The highest BCUT2D eigenvalue weighted by molar-refractivity contribution is 5.89. The second-order valence-electron chi connectivity index (χ2n) is 8.88. The molecule has 0 aromatic heterocycles. The first-order chi connectivity index (χ1) is 15.7. The molecule has 0 bridgehead atoms. The lowest BCUT2D eigenvalue weighted by atomic mass is 9.69. The number of benzene rings is 2. The number of rotatable bonds is 3. The number of hydrogen-bond acceptors (Lipinski definition) is 5. The lowest BCUT2D eigenvalue weighted by molar-refractivity contribution is -0.137. The molecular weight excluding hydrogens is 435 g/mol. The third kappa shape index (κ3) is 3.66. The van der Waals surface area contributed by atoms with Gasteiger partial charge in [-0.25, -0.2) is 4.79 Å². The van der Waals surface area contributed by atoms with Crippen molar-refractivity contribution in [2.24, 2.45) is 0 Å². The molecule has 5 rings (SSSR count). The number of nitrogens with zero attached hydrogens (tertiary/aromatic N) is 1. The standard InChI is InChI=1S/C25H24F3NO4/c1-29-12-11-24-10-9-18(32-23(30)15-3-6-17(7-4-15)25(26,27)28)13-20(24)33-22-19(31-2)8-5-16(14-29)21(22)24/h3-10,18,20H,11-14H2,1-2H3/t18-,20?,24-/m0/s1. The van der Waals surface area contributed by atoms with Crippen molar-refractivity contribution in [2.75, 3.05) is 20.7 Å². The van der Waals surface area contributed by atoms with Crippen molar-refractivity contribution in [3.63, 3.8) is 0 Å². The quantitative estimate of drug-likeness (QED) is 0.491. The molecule has 0 N–H and O–H groups in total. The van der Waals surface area contributed by atoms with Gasteiger partial charge in [-0.2, -0.15) is 13.2 Å². The smallest absolute Gasteiger partial charge is 0.416 e. The predicted molar refractivity (Wildman–Crippen MR) is 114 cm³/mol. The molecule has 0 amide bonds. The molecule has 2 aromatic carbocycles. The monoisotopic (exact) mass is 459 g/mol. The fraction of sp³-hybridized carbons (Fsp3) is 0.400. The minimum atomic E-state index is -4.45. The molecule has 1 aliphatic carbocycles. The van der Waals surface area contributed by atoms with Crippen molar-refractivity contribution >= 4 is 5.97 Å². The zero-order valence-electron chi connectivity index (χ0n) is 18.3. The average molecular weight is 459 g/mol. The van der Waals surface area contributed by atoms with Crippen LogP contribution in [-0.4, -0.2) is 43.8 Å². The molecule has 1 spiro atoms. The van der Waals surface area contributed by atoms with Crippen molar-refractivity contribution in [1.82, 2.24) is 4.90 Å². The van der Waals surface area contributed by atoms with Gasteiger partial charge >= 0.3 is 12.1 Å². The Labute approximate surface area is 189 Å². The highest BCUT2D eigenvalue weighted by Gasteiger charge is 2.53. The average Bonchev–Trinajstić information content (AvgIpc) is 3.04. The number of hydrogen-bond donors (Lipinski definition) is 0. The summed E-state index contributed by atoms with van der Waals surface area (Å²) in [5.41, 5.74) is 1.27. The van der Waals surface area contributed by atoms with E-state index in [1.54, 1.807) is 7.11 Å². The van der Waals surface area contributed by atoms with E-state index in [0.29, 0.717) is 12.2 Å². The van der Waals surface area contributed by atoms with Crippen LogP contribution in [0, 0.1) is 0 Å². The minimum Gasteiger partial charge on any atom is -0.493 e. The Balaban J connectivity index is 1.40. The van der Waals surface area contributed by atoms with Gasteiger partial charge in [-0.1, -0.05) is 12.1 Å². The van der Waals surface area contributed by atoms with E-state index in [-0.39, 0.29) is 17.1 Å². The Kier molecular flexibility index (Phi) is 5.16. The summed E-state index contributed by atoms with van der Waals surface area (Å²) in [7, 11) is 3.70. The number of halogens is 3. The number of alkyl halides is 3. The van der Waals surface area contributed by atoms with E-state index in [1.165, 1.54) is 5.56 Å². The molecule has 0 fully saturated rings. The van der Waals surface area contributed by atoms with Crippen LogP contribution in [0.5, 0.6) is 11.5 Å². The van der Waals surface area contributed by atoms with Gasteiger partial charge in [0, 0.05) is 18.5 Å². The highest BCUT2D eigenvalue weighted by atomic mass is 19.4. The van der Waals surface area contributed by atoms with E-state index < -0.39 is 23.8 Å². The van der Waals surface area contributed by atoms with Crippen LogP contribution in [-0.2, 0) is 22.9 Å². The number of carbonyl (C=O) groups is 1. The zero-order valence-corrected chi connectivity index (χ0v) is 18.3. The molecule has 33 heavy (non-hydrogen) atoms. The maximum Gasteiger partial charge on any atom is 0.416 e. The molecule has 0 saturated heterocycles. The summed E-state index contributed by atoms with van der Waals surface area (Å²) in [6.07, 6.45) is 0.0429. The van der Waals surface area contributed by atoms with Gasteiger partial charge in [-0.05, 0) is 62.0 Å². The van der Waals surface area contributed by atoms with Gasteiger partial charge in [-0.15, -0.1) is 0 Å². The van der Waals surface area contributed by atoms with E-state index in [0.717, 1.165) is 55.1 Å². The van der Waals surface area contributed by atoms with Gasteiger partial charge in [0.25, 0.3) is 0 Å². The van der Waals surface area contributed by atoms with E-state index in [4.69, 9.17) is 14.2 Å². The summed E-state index contributed by atoms with van der Waals surface area (Å²) in [5, 5.41) is 0. The van der Waals surface area contributed by atoms with Gasteiger partial charge in [0.1, 0.15) is 12.2 Å². The Bertz CT molecular complexity index is 1110.